The van der Waals surface area contributed by atoms with Crippen molar-refractivity contribution in [1.29, 1.82) is 0 Å². The standard InChI is InChI=1S/C13H20N2O3S/c14-12-3-5-13(6-4-12)18-9-10-19(16,17)15-8-7-11-1-2-11/h3-6,11,15H,1-2,7-10,14H2. The van der Waals surface area contributed by atoms with E-state index in [9.17, 15) is 8.42 Å². The van der Waals surface area contributed by atoms with Crippen LogP contribution in [0.2, 0.25) is 0 Å². The Labute approximate surface area is 114 Å². The van der Waals surface area contributed by atoms with Crippen LogP contribution in [0.1, 0.15) is 19.3 Å². The number of hydrogen-bond donors (Lipinski definition) is 2. The van der Waals surface area contributed by atoms with Crippen molar-refractivity contribution >= 4 is 15.7 Å². The molecule has 0 amide bonds. The molecule has 5 nitrogen and oxygen atoms in total. The number of anilines is 1. The lowest BCUT2D eigenvalue weighted by Gasteiger charge is -2.08. The first kappa shape index (κ1) is 14.1. The van der Waals surface area contributed by atoms with Gasteiger partial charge in [-0.3, -0.25) is 0 Å². The van der Waals surface area contributed by atoms with E-state index in [1.165, 1.54) is 12.8 Å². The van der Waals surface area contributed by atoms with E-state index in [1.807, 2.05) is 0 Å². The van der Waals surface area contributed by atoms with E-state index in [0.29, 0.717) is 18.0 Å². The van der Waals surface area contributed by atoms with Crippen molar-refractivity contribution in [3.63, 3.8) is 0 Å². The number of ether oxygens (including phenoxy) is 1. The molecular weight excluding hydrogens is 264 g/mol. The second-order valence-electron chi connectivity index (χ2n) is 4.86. The molecule has 0 aliphatic heterocycles. The van der Waals surface area contributed by atoms with E-state index in [0.717, 1.165) is 12.3 Å². The van der Waals surface area contributed by atoms with Crippen molar-refractivity contribution in [1.82, 2.24) is 4.72 Å². The van der Waals surface area contributed by atoms with E-state index in [1.54, 1.807) is 24.3 Å². The molecule has 1 aromatic rings. The minimum Gasteiger partial charge on any atom is -0.492 e. The fourth-order valence-electron chi connectivity index (χ4n) is 1.73. The van der Waals surface area contributed by atoms with Gasteiger partial charge in [-0.15, -0.1) is 0 Å². The molecule has 0 unspecified atom stereocenters. The van der Waals surface area contributed by atoms with E-state index in [4.69, 9.17) is 10.5 Å². The van der Waals surface area contributed by atoms with Crippen LogP contribution in [0, 0.1) is 5.92 Å². The Morgan fingerprint density at radius 3 is 2.58 bits per heavy atom. The van der Waals surface area contributed by atoms with Gasteiger partial charge >= 0.3 is 0 Å². The molecule has 0 aromatic heterocycles. The Hall–Kier alpha value is -1.27. The number of rotatable bonds is 8. The summed E-state index contributed by atoms with van der Waals surface area (Å²) in [6.45, 7) is 0.678. The van der Waals surface area contributed by atoms with Crippen LogP contribution in [0.5, 0.6) is 5.75 Å². The molecule has 19 heavy (non-hydrogen) atoms. The van der Waals surface area contributed by atoms with E-state index < -0.39 is 10.0 Å². The fourth-order valence-corrected chi connectivity index (χ4v) is 2.61. The van der Waals surface area contributed by atoms with Crippen molar-refractivity contribution < 1.29 is 13.2 Å². The molecular formula is C13H20N2O3S. The fraction of sp³-hybridized carbons (Fsp3) is 0.538. The van der Waals surface area contributed by atoms with Gasteiger partial charge in [-0.25, -0.2) is 13.1 Å². The minimum atomic E-state index is -3.23. The third-order valence-electron chi connectivity index (χ3n) is 3.07. The maximum atomic E-state index is 11.7. The van der Waals surface area contributed by atoms with Gasteiger partial charge in [-0.05, 0) is 36.6 Å². The third kappa shape index (κ3) is 5.48. The summed E-state index contributed by atoms with van der Waals surface area (Å²) in [6.07, 6.45) is 3.42. The smallest absolute Gasteiger partial charge is 0.214 e. The van der Waals surface area contributed by atoms with Crippen LogP contribution in [0.3, 0.4) is 0 Å². The van der Waals surface area contributed by atoms with Crippen molar-refractivity contribution in [3.8, 4) is 5.75 Å². The molecule has 1 aromatic carbocycles. The highest BCUT2D eigenvalue weighted by atomic mass is 32.2. The number of hydrogen-bond acceptors (Lipinski definition) is 4. The number of benzene rings is 1. The molecule has 1 aliphatic rings. The molecule has 2 rings (SSSR count). The number of nitrogens with two attached hydrogens (primary N) is 1. The highest BCUT2D eigenvalue weighted by Gasteiger charge is 2.21. The monoisotopic (exact) mass is 284 g/mol. The molecule has 3 N–H and O–H groups in total. The molecule has 1 saturated carbocycles. The topological polar surface area (TPSA) is 81.4 Å². The molecule has 1 aliphatic carbocycles. The predicted octanol–water partition coefficient (Wildman–Crippen LogP) is 1.37. The van der Waals surface area contributed by atoms with Crippen molar-refractivity contribution in [2.24, 2.45) is 5.92 Å². The Bertz CT molecular complexity index is 495. The Morgan fingerprint density at radius 2 is 1.95 bits per heavy atom. The molecule has 6 heteroatoms. The van der Waals surface area contributed by atoms with Gasteiger partial charge in [0.2, 0.25) is 10.0 Å². The van der Waals surface area contributed by atoms with E-state index >= 15 is 0 Å². The molecule has 106 valence electrons. The van der Waals surface area contributed by atoms with Crippen molar-refractivity contribution in [3.05, 3.63) is 24.3 Å². The Kier molecular flexibility index (Phi) is 4.66. The van der Waals surface area contributed by atoms with Crippen LogP contribution < -0.4 is 15.2 Å². The number of sulfonamides is 1. The first-order chi connectivity index (χ1) is 9.05. The number of nitrogens with one attached hydrogen (secondary N) is 1. The van der Waals surface area contributed by atoms with Gasteiger partial charge in [-0.1, -0.05) is 12.8 Å². The van der Waals surface area contributed by atoms with Crippen molar-refractivity contribution in [2.75, 3.05) is 24.6 Å². The van der Waals surface area contributed by atoms with Crippen LogP contribution in [0.4, 0.5) is 5.69 Å². The van der Waals surface area contributed by atoms with Crippen LogP contribution >= 0.6 is 0 Å². The van der Waals surface area contributed by atoms with Gasteiger partial charge in [-0.2, -0.15) is 0 Å². The van der Waals surface area contributed by atoms with Gasteiger partial charge < -0.3 is 10.5 Å². The first-order valence-corrected chi connectivity index (χ1v) is 8.16. The summed E-state index contributed by atoms with van der Waals surface area (Å²) in [5, 5.41) is 0. The number of nitrogen functional groups attached to an aromatic ring is 1. The summed E-state index contributed by atoms with van der Waals surface area (Å²) in [5.41, 5.74) is 6.20. The van der Waals surface area contributed by atoms with Gasteiger partial charge in [0.15, 0.2) is 0 Å². The zero-order valence-electron chi connectivity index (χ0n) is 10.8. The van der Waals surface area contributed by atoms with Crippen molar-refractivity contribution in [2.45, 2.75) is 19.3 Å². The summed E-state index contributed by atoms with van der Waals surface area (Å²) >= 11 is 0. The molecule has 0 bridgehead atoms. The Balaban J connectivity index is 1.66. The largest absolute Gasteiger partial charge is 0.492 e. The molecule has 0 saturated heterocycles. The molecule has 0 atom stereocenters. The third-order valence-corrected chi connectivity index (χ3v) is 4.42. The van der Waals surface area contributed by atoms with Gasteiger partial charge in [0.05, 0.1) is 5.75 Å². The van der Waals surface area contributed by atoms with E-state index in [2.05, 4.69) is 4.72 Å². The minimum absolute atomic E-state index is 0.0258. The van der Waals surface area contributed by atoms with Crippen LogP contribution in [0.25, 0.3) is 0 Å². The summed E-state index contributed by atoms with van der Waals surface area (Å²) in [6, 6.07) is 6.89. The zero-order chi connectivity index (χ0) is 13.7. The van der Waals surface area contributed by atoms with Gasteiger partial charge in [0.1, 0.15) is 12.4 Å². The summed E-state index contributed by atoms with van der Waals surface area (Å²) in [4.78, 5) is 0. The average Bonchev–Trinajstić information content (AvgIpc) is 3.15. The predicted molar refractivity (Wildman–Crippen MR) is 75.5 cm³/mol. The SMILES string of the molecule is Nc1ccc(OCCS(=O)(=O)NCCC2CC2)cc1. The van der Waals surface area contributed by atoms with Crippen LogP contribution in [-0.4, -0.2) is 27.3 Å². The molecule has 0 spiro atoms. The first-order valence-electron chi connectivity index (χ1n) is 6.51. The lowest BCUT2D eigenvalue weighted by Crippen LogP contribution is -2.30. The Morgan fingerprint density at radius 1 is 1.26 bits per heavy atom. The zero-order valence-corrected chi connectivity index (χ0v) is 11.7. The lowest BCUT2D eigenvalue weighted by atomic mass is 10.3. The second-order valence-corrected chi connectivity index (χ2v) is 6.79. The summed E-state index contributed by atoms with van der Waals surface area (Å²) < 4.78 is 31.3. The van der Waals surface area contributed by atoms with Crippen LogP contribution in [-0.2, 0) is 10.0 Å². The molecule has 0 radical (unpaired) electrons. The quantitative estimate of drug-likeness (QED) is 0.706. The maximum absolute atomic E-state index is 11.7. The molecule has 1 fully saturated rings. The van der Waals surface area contributed by atoms with Crippen LogP contribution in [0.15, 0.2) is 24.3 Å². The highest BCUT2D eigenvalue weighted by molar-refractivity contribution is 7.89. The van der Waals surface area contributed by atoms with E-state index in [-0.39, 0.29) is 12.4 Å². The van der Waals surface area contributed by atoms with Gasteiger partial charge in [0, 0.05) is 12.2 Å². The average molecular weight is 284 g/mol. The lowest BCUT2D eigenvalue weighted by molar-refractivity contribution is 0.340. The summed E-state index contributed by atoms with van der Waals surface area (Å²) in [5.74, 6) is 1.33. The molecule has 0 heterocycles. The summed E-state index contributed by atoms with van der Waals surface area (Å²) in [7, 11) is -3.23. The normalized spacial score (nSPS) is 15.4. The van der Waals surface area contributed by atoms with Gasteiger partial charge in [0.25, 0.3) is 0 Å². The highest BCUT2D eigenvalue weighted by Crippen LogP contribution is 2.31. The maximum Gasteiger partial charge on any atom is 0.214 e. The second kappa shape index (κ2) is 6.25.